The van der Waals surface area contributed by atoms with Gasteiger partial charge >= 0.3 is 5.97 Å². The fourth-order valence-corrected chi connectivity index (χ4v) is 2.68. The summed E-state index contributed by atoms with van der Waals surface area (Å²) in [7, 11) is 0. The molecule has 108 valence electrons. The van der Waals surface area contributed by atoms with Crippen molar-refractivity contribution in [3.05, 3.63) is 11.1 Å². The quantitative estimate of drug-likeness (QED) is 0.742. The van der Waals surface area contributed by atoms with Crippen molar-refractivity contribution in [2.45, 2.75) is 53.0 Å². The molecule has 0 bridgehead atoms. The van der Waals surface area contributed by atoms with E-state index >= 15 is 0 Å². The van der Waals surface area contributed by atoms with Gasteiger partial charge in [0.2, 0.25) is 0 Å². The molecular weight excluding hydrogens is 260 g/mol. The summed E-state index contributed by atoms with van der Waals surface area (Å²) in [6, 6.07) is 0.400. The molecule has 1 aromatic rings. The van der Waals surface area contributed by atoms with E-state index in [1.54, 1.807) is 11.3 Å². The second-order valence-corrected chi connectivity index (χ2v) is 5.78. The molecule has 0 fully saturated rings. The zero-order valence-electron chi connectivity index (χ0n) is 12.2. The van der Waals surface area contributed by atoms with Gasteiger partial charge in [-0.3, -0.25) is 4.79 Å². The predicted octanol–water partition coefficient (Wildman–Crippen LogP) is 3.49. The maximum absolute atomic E-state index is 11.4. The molecule has 0 aliphatic heterocycles. The monoisotopic (exact) mass is 284 g/mol. The van der Waals surface area contributed by atoms with Crippen molar-refractivity contribution in [1.29, 1.82) is 0 Å². The Kier molecular flexibility index (Phi) is 6.84. The summed E-state index contributed by atoms with van der Waals surface area (Å²) >= 11 is 1.54. The number of thiazole rings is 1. The molecule has 0 aliphatic carbocycles. The van der Waals surface area contributed by atoms with E-state index < -0.39 is 0 Å². The first-order valence-electron chi connectivity index (χ1n) is 6.91. The van der Waals surface area contributed by atoms with Crippen LogP contribution in [-0.4, -0.2) is 23.6 Å². The maximum atomic E-state index is 11.4. The number of aromatic nitrogens is 1. The van der Waals surface area contributed by atoms with Crippen LogP contribution in [0.4, 0.5) is 5.13 Å². The highest BCUT2D eigenvalue weighted by molar-refractivity contribution is 7.13. The third-order valence-electron chi connectivity index (χ3n) is 3.01. The molecular formula is C14H24N2O2S. The number of anilines is 1. The fourth-order valence-electron chi connectivity index (χ4n) is 1.85. The molecule has 2 atom stereocenters. The largest absolute Gasteiger partial charge is 0.466 e. The third kappa shape index (κ3) is 6.05. The molecule has 19 heavy (non-hydrogen) atoms. The van der Waals surface area contributed by atoms with Gasteiger partial charge in [-0.1, -0.05) is 20.3 Å². The average Bonchev–Trinajstić information content (AvgIpc) is 2.76. The Morgan fingerprint density at radius 3 is 2.84 bits per heavy atom. The van der Waals surface area contributed by atoms with Crippen LogP contribution in [0.1, 0.15) is 46.2 Å². The number of rotatable bonds is 8. The molecule has 0 aliphatic rings. The highest BCUT2D eigenvalue weighted by Crippen LogP contribution is 2.19. The van der Waals surface area contributed by atoms with Gasteiger partial charge in [-0.05, 0) is 26.2 Å². The van der Waals surface area contributed by atoms with Crippen molar-refractivity contribution in [2.24, 2.45) is 5.92 Å². The Balaban J connectivity index is 2.44. The molecule has 5 heteroatoms. The lowest BCUT2D eigenvalue weighted by molar-refractivity contribution is -0.142. The van der Waals surface area contributed by atoms with Crippen LogP contribution in [-0.2, 0) is 16.0 Å². The van der Waals surface area contributed by atoms with Gasteiger partial charge in [0.05, 0.1) is 18.7 Å². The average molecular weight is 284 g/mol. The summed E-state index contributed by atoms with van der Waals surface area (Å²) in [5.74, 6) is 0.494. The first kappa shape index (κ1) is 16.0. The number of ether oxygens (including phenoxy) is 1. The lowest BCUT2D eigenvalue weighted by Crippen LogP contribution is -2.18. The summed E-state index contributed by atoms with van der Waals surface area (Å²) in [6.45, 7) is 8.85. The summed E-state index contributed by atoms with van der Waals surface area (Å²) in [6.07, 6.45) is 2.58. The number of carbonyl (C=O) groups excluding carboxylic acids is 1. The van der Waals surface area contributed by atoms with Gasteiger partial charge < -0.3 is 10.1 Å². The Morgan fingerprint density at radius 1 is 1.47 bits per heavy atom. The van der Waals surface area contributed by atoms with Crippen molar-refractivity contribution in [2.75, 3.05) is 11.9 Å². The van der Waals surface area contributed by atoms with Gasteiger partial charge in [-0.25, -0.2) is 4.98 Å². The zero-order valence-corrected chi connectivity index (χ0v) is 13.0. The van der Waals surface area contributed by atoms with E-state index in [4.69, 9.17) is 4.74 Å². The van der Waals surface area contributed by atoms with Gasteiger partial charge in [-0.2, -0.15) is 0 Å². The normalized spacial score (nSPS) is 13.9. The number of esters is 1. The molecule has 0 saturated heterocycles. The summed E-state index contributed by atoms with van der Waals surface area (Å²) in [5, 5.41) is 6.18. The lowest BCUT2D eigenvalue weighted by atomic mass is 10.0. The number of nitrogens with one attached hydrogen (secondary N) is 1. The van der Waals surface area contributed by atoms with Crippen LogP contribution >= 0.6 is 11.3 Å². The van der Waals surface area contributed by atoms with E-state index in [1.165, 1.54) is 6.42 Å². The van der Waals surface area contributed by atoms with Crippen LogP contribution in [0.2, 0.25) is 0 Å². The fraction of sp³-hybridized carbons (Fsp3) is 0.714. The second kappa shape index (κ2) is 8.15. The van der Waals surface area contributed by atoms with Crippen molar-refractivity contribution in [3.8, 4) is 0 Å². The molecule has 0 saturated carbocycles. The number of hydrogen-bond acceptors (Lipinski definition) is 5. The standard InChI is InChI=1S/C14H24N2O2S/c1-5-10(3)7-11(4)15-14-16-12(9-19-14)8-13(17)18-6-2/h9-11H,5-8H2,1-4H3,(H,15,16). The molecule has 1 rings (SSSR count). The highest BCUT2D eigenvalue weighted by Gasteiger charge is 2.11. The molecule has 4 nitrogen and oxygen atoms in total. The van der Waals surface area contributed by atoms with Crippen LogP contribution in [0, 0.1) is 5.92 Å². The van der Waals surface area contributed by atoms with E-state index in [-0.39, 0.29) is 12.4 Å². The van der Waals surface area contributed by atoms with E-state index in [2.05, 4.69) is 31.1 Å². The lowest BCUT2D eigenvalue weighted by Gasteiger charge is -2.16. The number of hydrogen-bond donors (Lipinski definition) is 1. The molecule has 2 unspecified atom stereocenters. The molecule has 0 aromatic carbocycles. The molecule has 0 spiro atoms. The zero-order chi connectivity index (χ0) is 14.3. The van der Waals surface area contributed by atoms with Gasteiger partial charge in [0.15, 0.2) is 5.13 Å². The van der Waals surface area contributed by atoms with Crippen LogP contribution in [0.5, 0.6) is 0 Å². The first-order chi connectivity index (χ1) is 9.05. The van der Waals surface area contributed by atoms with E-state index in [1.807, 2.05) is 12.3 Å². The summed E-state index contributed by atoms with van der Waals surface area (Å²) < 4.78 is 4.91. The number of carbonyl (C=O) groups is 1. The maximum Gasteiger partial charge on any atom is 0.311 e. The second-order valence-electron chi connectivity index (χ2n) is 4.92. The van der Waals surface area contributed by atoms with E-state index in [0.717, 1.165) is 17.2 Å². The van der Waals surface area contributed by atoms with Crippen molar-refractivity contribution < 1.29 is 9.53 Å². The van der Waals surface area contributed by atoms with Gasteiger partial charge in [0.1, 0.15) is 0 Å². The van der Waals surface area contributed by atoms with Gasteiger partial charge in [-0.15, -0.1) is 11.3 Å². The minimum absolute atomic E-state index is 0.216. The minimum Gasteiger partial charge on any atom is -0.466 e. The van der Waals surface area contributed by atoms with Crippen molar-refractivity contribution in [1.82, 2.24) is 4.98 Å². The van der Waals surface area contributed by atoms with E-state index in [9.17, 15) is 4.79 Å². The van der Waals surface area contributed by atoms with E-state index in [0.29, 0.717) is 18.6 Å². The topological polar surface area (TPSA) is 51.2 Å². The Bertz CT molecular complexity index is 393. The van der Waals surface area contributed by atoms with Crippen molar-refractivity contribution >= 4 is 22.4 Å². The Morgan fingerprint density at radius 2 is 2.21 bits per heavy atom. The predicted molar refractivity (Wildman–Crippen MR) is 79.6 cm³/mol. The molecule has 1 N–H and O–H groups in total. The van der Waals surface area contributed by atoms with Crippen LogP contribution in [0.15, 0.2) is 5.38 Å². The first-order valence-corrected chi connectivity index (χ1v) is 7.79. The third-order valence-corrected chi connectivity index (χ3v) is 3.83. The highest BCUT2D eigenvalue weighted by atomic mass is 32.1. The van der Waals surface area contributed by atoms with Gasteiger partial charge in [0, 0.05) is 11.4 Å². The van der Waals surface area contributed by atoms with Crippen LogP contribution in [0.25, 0.3) is 0 Å². The molecule has 1 heterocycles. The minimum atomic E-state index is -0.216. The smallest absolute Gasteiger partial charge is 0.311 e. The molecule has 0 radical (unpaired) electrons. The summed E-state index contributed by atoms with van der Waals surface area (Å²) in [4.78, 5) is 15.8. The SMILES string of the molecule is CCOC(=O)Cc1csc(NC(C)CC(C)CC)n1. The van der Waals surface area contributed by atoms with Crippen LogP contribution in [0.3, 0.4) is 0 Å². The molecule has 1 aromatic heterocycles. The molecule has 0 amide bonds. The van der Waals surface area contributed by atoms with Crippen LogP contribution < -0.4 is 5.32 Å². The Labute approximate surface area is 119 Å². The van der Waals surface area contributed by atoms with Gasteiger partial charge in [0.25, 0.3) is 0 Å². The van der Waals surface area contributed by atoms with Crippen molar-refractivity contribution in [3.63, 3.8) is 0 Å². The Hall–Kier alpha value is -1.10. The summed E-state index contributed by atoms with van der Waals surface area (Å²) in [5.41, 5.74) is 0.779. The number of nitrogens with zero attached hydrogens (tertiary/aromatic N) is 1.